The number of hydrogen-bond acceptors (Lipinski definition) is 3. The van der Waals surface area contributed by atoms with Crippen LogP contribution in [0, 0.1) is 13.8 Å². The number of rotatable bonds is 10. The Morgan fingerprint density at radius 3 is 2.34 bits per heavy atom. The number of carbonyl (C=O) groups excluding carboxylic acids is 2. The summed E-state index contributed by atoms with van der Waals surface area (Å²) in [6, 6.07) is 15.3. The van der Waals surface area contributed by atoms with E-state index in [0.717, 1.165) is 23.1 Å². The SMILES string of the molecule is CCCNC(=O)[C@H](C)N(CCc1ccccc1)C(=O)COc1cc(C)cc(C)c1. The Hall–Kier alpha value is -2.82. The zero-order valence-corrected chi connectivity index (χ0v) is 17.9. The standard InChI is InChI=1S/C24H32N2O3/c1-5-12-25-24(28)20(4)26(13-11-21-9-7-6-8-10-21)23(27)17-29-22-15-18(2)14-19(3)16-22/h6-10,14-16,20H,5,11-13,17H2,1-4H3,(H,25,28)/t20-/m0/s1. The van der Waals surface area contributed by atoms with Gasteiger partial charge in [-0.3, -0.25) is 9.59 Å². The number of carbonyl (C=O) groups is 2. The van der Waals surface area contributed by atoms with Crippen LogP contribution in [0.1, 0.15) is 37.0 Å². The second kappa shape index (κ2) is 11.2. The van der Waals surface area contributed by atoms with E-state index in [9.17, 15) is 9.59 Å². The number of hydrogen-bond donors (Lipinski definition) is 1. The molecule has 0 spiro atoms. The molecule has 0 saturated carbocycles. The van der Waals surface area contributed by atoms with E-state index in [-0.39, 0.29) is 18.4 Å². The molecule has 2 aromatic carbocycles. The molecule has 5 nitrogen and oxygen atoms in total. The molecule has 2 amide bonds. The molecule has 1 atom stereocenters. The van der Waals surface area contributed by atoms with E-state index in [1.807, 2.05) is 63.2 Å². The van der Waals surface area contributed by atoms with Crippen LogP contribution in [-0.4, -0.2) is 42.5 Å². The highest BCUT2D eigenvalue weighted by Crippen LogP contribution is 2.16. The van der Waals surface area contributed by atoms with E-state index in [1.54, 1.807) is 11.8 Å². The first-order valence-electron chi connectivity index (χ1n) is 10.2. The Bertz CT molecular complexity index is 785. The molecule has 0 fully saturated rings. The minimum absolute atomic E-state index is 0.0942. The summed E-state index contributed by atoms with van der Waals surface area (Å²) in [4.78, 5) is 27.0. The van der Waals surface area contributed by atoms with Crippen molar-refractivity contribution in [1.29, 1.82) is 0 Å². The number of ether oxygens (including phenoxy) is 1. The molecule has 0 radical (unpaired) electrons. The molecule has 0 saturated heterocycles. The van der Waals surface area contributed by atoms with E-state index in [4.69, 9.17) is 4.74 Å². The summed E-state index contributed by atoms with van der Waals surface area (Å²) in [6.07, 6.45) is 1.54. The van der Waals surface area contributed by atoms with Gasteiger partial charge in [0.2, 0.25) is 5.91 Å². The molecule has 0 heterocycles. The monoisotopic (exact) mass is 396 g/mol. The second-order valence-corrected chi connectivity index (χ2v) is 7.40. The topological polar surface area (TPSA) is 58.6 Å². The minimum Gasteiger partial charge on any atom is -0.484 e. The van der Waals surface area contributed by atoms with Crippen molar-refractivity contribution in [3.05, 3.63) is 65.2 Å². The largest absolute Gasteiger partial charge is 0.484 e. The third-order valence-electron chi connectivity index (χ3n) is 4.76. The normalized spacial score (nSPS) is 11.6. The van der Waals surface area contributed by atoms with Crippen molar-refractivity contribution < 1.29 is 14.3 Å². The molecule has 0 aliphatic heterocycles. The fraction of sp³-hybridized carbons (Fsp3) is 0.417. The smallest absolute Gasteiger partial charge is 0.261 e. The molecule has 5 heteroatoms. The lowest BCUT2D eigenvalue weighted by Crippen LogP contribution is -2.50. The van der Waals surface area contributed by atoms with Crippen molar-refractivity contribution in [2.24, 2.45) is 0 Å². The molecule has 0 aliphatic carbocycles. The van der Waals surface area contributed by atoms with Crippen LogP contribution in [0.5, 0.6) is 5.75 Å². The summed E-state index contributed by atoms with van der Waals surface area (Å²) in [7, 11) is 0. The van der Waals surface area contributed by atoms with Crippen molar-refractivity contribution in [1.82, 2.24) is 10.2 Å². The van der Waals surface area contributed by atoms with Gasteiger partial charge in [-0.05, 0) is 62.4 Å². The molecule has 0 bridgehead atoms. The summed E-state index contributed by atoms with van der Waals surface area (Å²) >= 11 is 0. The Balaban J connectivity index is 2.07. The van der Waals surface area contributed by atoms with Gasteiger partial charge >= 0.3 is 0 Å². The zero-order valence-electron chi connectivity index (χ0n) is 17.9. The number of aryl methyl sites for hydroxylation is 2. The van der Waals surface area contributed by atoms with Crippen LogP contribution in [0.25, 0.3) is 0 Å². The molecule has 2 rings (SSSR count). The van der Waals surface area contributed by atoms with Gasteiger partial charge in [-0.25, -0.2) is 0 Å². The molecule has 156 valence electrons. The van der Waals surface area contributed by atoms with E-state index < -0.39 is 6.04 Å². The number of nitrogens with one attached hydrogen (secondary N) is 1. The molecule has 0 aromatic heterocycles. The number of benzene rings is 2. The molecule has 2 aromatic rings. The highest BCUT2D eigenvalue weighted by Gasteiger charge is 2.25. The van der Waals surface area contributed by atoms with Gasteiger partial charge in [0.05, 0.1) is 0 Å². The predicted octanol–water partition coefficient (Wildman–Crippen LogP) is 3.67. The van der Waals surface area contributed by atoms with Gasteiger partial charge in [0.25, 0.3) is 5.91 Å². The van der Waals surface area contributed by atoms with Crippen LogP contribution >= 0.6 is 0 Å². The summed E-state index contributed by atoms with van der Waals surface area (Å²) in [5, 5.41) is 2.88. The van der Waals surface area contributed by atoms with Gasteiger partial charge in [0.15, 0.2) is 6.61 Å². The second-order valence-electron chi connectivity index (χ2n) is 7.40. The molecular weight excluding hydrogens is 364 g/mol. The van der Waals surface area contributed by atoms with Crippen LogP contribution < -0.4 is 10.1 Å². The first kappa shape index (κ1) is 22.5. The van der Waals surface area contributed by atoms with Gasteiger partial charge < -0.3 is 15.0 Å². The summed E-state index contributed by atoms with van der Waals surface area (Å²) in [6.45, 7) is 8.72. The highest BCUT2D eigenvalue weighted by molar-refractivity contribution is 5.87. The average molecular weight is 397 g/mol. The molecule has 1 N–H and O–H groups in total. The van der Waals surface area contributed by atoms with Crippen molar-refractivity contribution in [3.8, 4) is 5.75 Å². The Labute approximate surface area is 174 Å². The quantitative estimate of drug-likeness (QED) is 0.667. The maximum atomic E-state index is 12.9. The van der Waals surface area contributed by atoms with Gasteiger partial charge in [0, 0.05) is 13.1 Å². The Morgan fingerprint density at radius 1 is 1.07 bits per heavy atom. The van der Waals surface area contributed by atoms with Crippen LogP contribution in [0.4, 0.5) is 0 Å². The van der Waals surface area contributed by atoms with Crippen LogP contribution in [0.3, 0.4) is 0 Å². The maximum Gasteiger partial charge on any atom is 0.261 e. The van der Waals surface area contributed by atoms with Crippen molar-refractivity contribution in [3.63, 3.8) is 0 Å². The maximum absolute atomic E-state index is 12.9. The third kappa shape index (κ3) is 7.26. The summed E-state index contributed by atoms with van der Waals surface area (Å²) in [5.41, 5.74) is 3.29. The van der Waals surface area contributed by atoms with Crippen LogP contribution in [0.15, 0.2) is 48.5 Å². The van der Waals surface area contributed by atoms with E-state index in [0.29, 0.717) is 25.3 Å². The van der Waals surface area contributed by atoms with Crippen molar-refractivity contribution >= 4 is 11.8 Å². The van der Waals surface area contributed by atoms with Crippen LogP contribution in [-0.2, 0) is 16.0 Å². The van der Waals surface area contributed by atoms with Gasteiger partial charge in [-0.15, -0.1) is 0 Å². The lowest BCUT2D eigenvalue weighted by molar-refractivity contribution is -0.141. The molecular formula is C24H32N2O3. The fourth-order valence-corrected chi connectivity index (χ4v) is 3.21. The molecule has 0 aliphatic rings. The van der Waals surface area contributed by atoms with Gasteiger partial charge in [-0.2, -0.15) is 0 Å². The van der Waals surface area contributed by atoms with E-state index in [2.05, 4.69) is 11.4 Å². The van der Waals surface area contributed by atoms with E-state index in [1.165, 1.54) is 0 Å². The zero-order chi connectivity index (χ0) is 21.2. The first-order valence-corrected chi connectivity index (χ1v) is 10.2. The summed E-state index contributed by atoms with van der Waals surface area (Å²) < 4.78 is 5.75. The molecule has 0 unspecified atom stereocenters. The number of nitrogens with zero attached hydrogens (tertiary/aromatic N) is 1. The predicted molar refractivity (Wildman–Crippen MR) is 116 cm³/mol. The lowest BCUT2D eigenvalue weighted by atomic mass is 10.1. The third-order valence-corrected chi connectivity index (χ3v) is 4.76. The Kier molecular flexibility index (Phi) is 8.71. The Morgan fingerprint density at radius 2 is 1.72 bits per heavy atom. The van der Waals surface area contributed by atoms with E-state index >= 15 is 0 Å². The first-order chi connectivity index (χ1) is 13.9. The molecule has 29 heavy (non-hydrogen) atoms. The van der Waals surface area contributed by atoms with Gasteiger partial charge in [-0.1, -0.05) is 43.3 Å². The fourth-order valence-electron chi connectivity index (χ4n) is 3.21. The van der Waals surface area contributed by atoms with Crippen molar-refractivity contribution in [2.45, 2.75) is 46.6 Å². The van der Waals surface area contributed by atoms with Crippen LogP contribution in [0.2, 0.25) is 0 Å². The minimum atomic E-state index is -0.555. The summed E-state index contributed by atoms with van der Waals surface area (Å²) in [5.74, 6) is 0.334. The lowest BCUT2D eigenvalue weighted by Gasteiger charge is -2.28. The van der Waals surface area contributed by atoms with Crippen molar-refractivity contribution in [2.75, 3.05) is 19.7 Å². The number of amides is 2. The highest BCUT2D eigenvalue weighted by atomic mass is 16.5. The van der Waals surface area contributed by atoms with Gasteiger partial charge in [0.1, 0.15) is 11.8 Å². The average Bonchev–Trinajstić information content (AvgIpc) is 2.70.